The molecule has 1 N–H and O–H groups in total. The molecule has 1 unspecified atom stereocenters. The van der Waals surface area contributed by atoms with Gasteiger partial charge in [-0.3, -0.25) is 9.63 Å². The maximum Gasteiger partial charge on any atom is 0.264 e. The number of sulfonamides is 1. The molecule has 0 spiro atoms. The van der Waals surface area contributed by atoms with Gasteiger partial charge in [-0.05, 0) is 42.3 Å². The molecule has 0 radical (unpaired) electrons. The van der Waals surface area contributed by atoms with Crippen LogP contribution in [0.15, 0.2) is 53.4 Å². The van der Waals surface area contributed by atoms with Crippen LogP contribution in [0, 0.1) is 0 Å². The van der Waals surface area contributed by atoms with Gasteiger partial charge >= 0.3 is 0 Å². The largest absolute Gasteiger partial charge is 0.345 e. The van der Waals surface area contributed by atoms with Crippen molar-refractivity contribution in [1.82, 2.24) is 9.79 Å². The molecule has 8 heteroatoms. The molecular weight excluding hydrogens is 376 g/mol. The molecule has 0 fully saturated rings. The Hall–Kier alpha value is -1.93. The van der Waals surface area contributed by atoms with Gasteiger partial charge in [0.15, 0.2) is 0 Å². The van der Waals surface area contributed by atoms with E-state index in [1.54, 1.807) is 18.2 Å². The first-order valence-electron chi connectivity index (χ1n) is 7.99. The summed E-state index contributed by atoms with van der Waals surface area (Å²) in [4.78, 5) is 17.3. The molecule has 0 aliphatic rings. The van der Waals surface area contributed by atoms with E-state index in [-0.39, 0.29) is 22.4 Å². The summed E-state index contributed by atoms with van der Waals surface area (Å²) in [5, 5.41) is 3.50. The van der Waals surface area contributed by atoms with Crippen LogP contribution in [0.25, 0.3) is 0 Å². The molecule has 0 heterocycles. The number of amides is 1. The first-order chi connectivity index (χ1) is 12.3. The fourth-order valence-electron chi connectivity index (χ4n) is 2.43. The minimum Gasteiger partial charge on any atom is -0.345 e. The molecule has 0 aliphatic heterocycles. The van der Waals surface area contributed by atoms with E-state index < -0.39 is 10.0 Å². The van der Waals surface area contributed by atoms with Crippen LogP contribution in [0.1, 0.15) is 35.3 Å². The van der Waals surface area contributed by atoms with Crippen LogP contribution in [-0.4, -0.2) is 33.0 Å². The number of nitrogens with one attached hydrogen (secondary N) is 1. The zero-order valence-electron chi connectivity index (χ0n) is 14.8. The van der Waals surface area contributed by atoms with Crippen molar-refractivity contribution in [1.29, 1.82) is 0 Å². The molecule has 2 rings (SSSR count). The number of halogens is 1. The fourth-order valence-corrected chi connectivity index (χ4v) is 3.65. The van der Waals surface area contributed by atoms with Gasteiger partial charge in [-0.2, -0.15) is 0 Å². The second kappa shape index (κ2) is 8.64. The number of nitrogens with zero attached hydrogens (tertiary/aromatic N) is 1. The van der Waals surface area contributed by atoms with E-state index >= 15 is 0 Å². The van der Waals surface area contributed by atoms with Gasteiger partial charge < -0.3 is 5.32 Å². The molecule has 140 valence electrons. The maximum absolute atomic E-state index is 12.6. The van der Waals surface area contributed by atoms with Crippen LogP contribution in [0.3, 0.4) is 0 Å². The SMILES string of the molecule is CCC(NC(=O)c1cccc(S(=O)(=O)N(C)OC)c1)c1cccc(Cl)c1. The van der Waals surface area contributed by atoms with Crippen LogP contribution in [0.5, 0.6) is 0 Å². The van der Waals surface area contributed by atoms with Gasteiger partial charge in [-0.1, -0.05) is 41.2 Å². The van der Waals surface area contributed by atoms with E-state index in [0.29, 0.717) is 11.4 Å². The lowest BCUT2D eigenvalue weighted by Gasteiger charge is -2.18. The smallest absolute Gasteiger partial charge is 0.264 e. The summed E-state index contributed by atoms with van der Waals surface area (Å²) in [5.74, 6) is -0.367. The predicted molar refractivity (Wildman–Crippen MR) is 100 cm³/mol. The number of rotatable bonds is 7. The van der Waals surface area contributed by atoms with Gasteiger partial charge in [-0.25, -0.2) is 8.42 Å². The van der Waals surface area contributed by atoms with Crippen LogP contribution in [0.4, 0.5) is 0 Å². The normalized spacial score (nSPS) is 12.8. The van der Waals surface area contributed by atoms with Crippen LogP contribution in [-0.2, 0) is 14.9 Å². The van der Waals surface area contributed by atoms with Crippen molar-refractivity contribution in [3.05, 3.63) is 64.7 Å². The summed E-state index contributed by atoms with van der Waals surface area (Å²) in [6, 6.07) is 12.8. The van der Waals surface area contributed by atoms with Crippen LogP contribution < -0.4 is 5.32 Å². The van der Waals surface area contributed by atoms with E-state index in [0.717, 1.165) is 10.0 Å². The molecule has 0 aliphatic carbocycles. The second-order valence-electron chi connectivity index (χ2n) is 5.61. The Balaban J connectivity index is 2.26. The molecule has 0 saturated heterocycles. The molecule has 1 amide bonds. The lowest BCUT2D eigenvalue weighted by atomic mass is 10.0. The summed E-state index contributed by atoms with van der Waals surface area (Å²) >= 11 is 6.02. The highest BCUT2D eigenvalue weighted by atomic mass is 35.5. The second-order valence-corrected chi connectivity index (χ2v) is 7.99. The van der Waals surface area contributed by atoms with E-state index in [1.165, 1.54) is 32.4 Å². The van der Waals surface area contributed by atoms with E-state index in [4.69, 9.17) is 16.4 Å². The highest BCUT2D eigenvalue weighted by Crippen LogP contribution is 2.22. The molecule has 0 aromatic heterocycles. The Morgan fingerprint density at radius 2 is 1.92 bits per heavy atom. The minimum absolute atomic E-state index is 0.0229. The highest BCUT2D eigenvalue weighted by molar-refractivity contribution is 7.89. The zero-order chi connectivity index (χ0) is 19.3. The molecule has 0 saturated carbocycles. The standard InChI is InChI=1S/C18H21ClN2O4S/c1-4-17(13-7-5-9-15(19)11-13)20-18(22)14-8-6-10-16(12-14)26(23,24)21(2)25-3/h5-12,17H,4H2,1-3H3,(H,20,22). The van der Waals surface area contributed by atoms with Gasteiger partial charge in [-0.15, -0.1) is 0 Å². The minimum atomic E-state index is -3.82. The van der Waals surface area contributed by atoms with E-state index in [1.807, 2.05) is 19.1 Å². The molecule has 6 nitrogen and oxygen atoms in total. The third-order valence-electron chi connectivity index (χ3n) is 3.95. The number of carbonyl (C=O) groups is 1. The molecule has 1 atom stereocenters. The summed E-state index contributed by atoms with van der Waals surface area (Å²) in [6.45, 7) is 1.94. The molecular formula is C18H21ClN2O4S. The Morgan fingerprint density at radius 1 is 1.23 bits per heavy atom. The van der Waals surface area contributed by atoms with Gasteiger partial charge in [0.25, 0.3) is 15.9 Å². The first kappa shape index (κ1) is 20.4. The molecule has 26 heavy (non-hydrogen) atoms. The first-order valence-corrected chi connectivity index (χ1v) is 9.80. The predicted octanol–water partition coefficient (Wildman–Crippen LogP) is 3.40. The summed E-state index contributed by atoms with van der Waals surface area (Å²) < 4.78 is 25.4. The van der Waals surface area contributed by atoms with Crippen LogP contribution in [0.2, 0.25) is 5.02 Å². The average molecular weight is 397 g/mol. The van der Waals surface area contributed by atoms with Crippen LogP contribution >= 0.6 is 11.6 Å². The van der Waals surface area contributed by atoms with Gasteiger partial charge in [0, 0.05) is 17.6 Å². The Labute approximate surface area is 158 Å². The number of benzene rings is 2. The van der Waals surface area contributed by atoms with Gasteiger partial charge in [0.2, 0.25) is 0 Å². The summed E-state index contributed by atoms with van der Waals surface area (Å²) in [5.41, 5.74) is 1.13. The molecule has 2 aromatic rings. The average Bonchev–Trinajstić information content (AvgIpc) is 2.65. The Kier molecular flexibility index (Phi) is 6.77. The van der Waals surface area contributed by atoms with Crippen molar-refractivity contribution < 1.29 is 18.0 Å². The zero-order valence-corrected chi connectivity index (χ0v) is 16.3. The summed E-state index contributed by atoms with van der Waals surface area (Å²) in [7, 11) is -1.28. The summed E-state index contributed by atoms with van der Waals surface area (Å²) in [6.07, 6.45) is 0.663. The number of hydroxylamine groups is 1. The lowest BCUT2D eigenvalue weighted by molar-refractivity contribution is -0.0258. The van der Waals surface area contributed by atoms with Crippen molar-refractivity contribution >= 4 is 27.5 Å². The van der Waals surface area contributed by atoms with E-state index in [2.05, 4.69) is 5.32 Å². The number of hydrogen-bond donors (Lipinski definition) is 1. The lowest BCUT2D eigenvalue weighted by Crippen LogP contribution is -2.29. The third-order valence-corrected chi connectivity index (χ3v) is 5.87. The van der Waals surface area contributed by atoms with Gasteiger partial charge in [0.05, 0.1) is 18.0 Å². The molecule has 2 aromatic carbocycles. The number of carbonyl (C=O) groups excluding carboxylic acids is 1. The monoisotopic (exact) mass is 396 g/mol. The maximum atomic E-state index is 12.6. The Bertz CT molecular complexity index is 886. The fraction of sp³-hybridized carbons (Fsp3) is 0.278. The number of hydrogen-bond acceptors (Lipinski definition) is 4. The highest BCUT2D eigenvalue weighted by Gasteiger charge is 2.22. The third kappa shape index (κ3) is 4.62. The van der Waals surface area contributed by atoms with Crippen molar-refractivity contribution in [2.24, 2.45) is 0 Å². The van der Waals surface area contributed by atoms with E-state index in [9.17, 15) is 13.2 Å². The van der Waals surface area contributed by atoms with Gasteiger partial charge in [0.1, 0.15) is 0 Å². The van der Waals surface area contributed by atoms with Crippen molar-refractivity contribution in [2.45, 2.75) is 24.3 Å². The molecule has 0 bridgehead atoms. The quantitative estimate of drug-likeness (QED) is 0.728. The van der Waals surface area contributed by atoms with Crippen molar-refractivity contribution in [3.8, 4) is 0 Å². The Morgan fingerprint density at radius 3 is 2.54 bits per heavy atom. The van der Waals surface area contributed by atoms with Crippen molar-refractivity contribution in [2.75, 3.05) is 14.2 Å². The topological polar surface area (TPSA) is 75.7 Å². The van der Waals surface area contributed by atoms with Crippen molar-refractivity contribution in [3.63, 3.8) is 0 Å².